The van der Waals surface area contributed by atoms with Crippen LogP contribution in [0.2, 0.25) is 0 Å². The second kappa shape index (κ2) is 7.76. The lowest BCUT2D eigenvalue weighted by atomic mass is 10.2. The number of nitrogens with one attached hydrogen (secondary N) is 1. The third-order valence-corrected chi connectivity index (χ3v) is 4.87. The second-order valence-corrected chi connectivity index (χ2v) is 6.74. The highest BCUT2D eigenvalue weighted by atomic mass is 32.1. The fourth-order valence-corrected chi connectivity index (χ4v) is 3.61. The topological polar surface area (TPSA) is 28.2 Å². The molecule has 0 amide bonds. The minimum atomic E-state index is 0.474. The number of thiazole rings is 1. The van der Waals surface area contributed by atoms with Crippen molar-refractivity contribution in [3.63, 3.8) is 0 Å². The van der Waals surface area contributed by atoms with Crippen LogP contribution in [0.4, 0.5) is 5.13 Å². The molecule has 21 heavy (non-hydrogen) atoms. The molecule has 2 aromatic rings. The monoisotopic (exact) mass is 305 g/mol. The number of nitrogens with zero attached hydrogens (tertiary/aromatic N) is 2. The molecule has 1 aromatic heterocycles. The Morgan fingerprint density at radius 2 is 2.05 bits per heavy atom. The highest BCUT2D eigenvalue weighted by Gasteiger charge is 2.08. The van der Waals surface area contributed by atoms with Gasteiger partial charge in [0.2, 0.25) is 0 Å². The van der Waals surface area contributed by atoms with Crippen LogP contribution in [0.5, 0.6) is 0 Å². The first-order chi connectivity index (χ1) is 10.1. The van der Waals surface area contributed by atoms with Crippen LogP contribution in [0.25, 0.3) is 10.2 Å². The minimum absolute atomic E-state index is 0.474. The molecule has 0 spiro atoms. The van der Waals surface area contributed by atoms with Crippen LogP contribution in [0, 0.1) is 6.92 Å². The van der Waals surface area contributed by atoms with E-state index >= 15 is 0 Å². The van der Waals surface area contributed by atoms with Crippen molar-refractivity contribution >= 4 is 26.7 Å². The van der Waals surface area contributed by atoms with E-state index in [1.807, 2.05) is 0 Å². The fraction of sp³-hybridized carbons (Fsp3) is 0.588. The van der Waals surface area contributed by atoms with Gasteiger partial charge < -0.3 is 10.2 Å². The Morgan fingerprint density at radius 1 is 1.29 bits per heavy atom. The van der Waals surface area contributed by atoms with E-state index in [0.717, 1.165) is 23.7 Å². The van der Waals surface area contributed by atoms with Gasteiger partial charge in [0.15, 0.2) is 5.13 Å². The number of fused-ring (bicyclic) bond motifs is 1. The molecule has 1 atom stereocenters. The zero-order chi connectivity index (χ0) is 15.2. The molecule has 2 rings (SSSR count). The molecular formula is C17H27N3S. The van der Waals surface area contributed by atoms with Crippen LogP contribution < -0.4 is 5.32 Å². The third kappa shape index (κ3) is 4.68. The summed E-state index contributed by atoms with van der Waals surface area (Å²) in [6.07, 6.45) is 2.42. The Bertz CT molecular complexity index is 560. The number of rotatable bonds is 8. The van der Waals surface area contributed by atoms with Crippen LogP contribution >= 0.6 is 11.3 Å². The Labute approximate surface area is 132 Å². The molecular weight excluding hydrogens is 278 g/mol. The summed E-state index contributed by atoms with van der Waals surface area (Å²) in [7, 11) is 0. The van der Waals surface area contributed by atoms with Gasteiger partial charge in [0.1, 0.15) is 0 Å². The molecule has 1 heterocycles. The number of benzene rings is 1. The molecule has 1 unspecified atom stereocenters. The fourth-order valence-electron chi connectivity index (χ4n) is 2.54. The van der Waals surface area contributed by atoms with Crippen molar-refractivity contribution in [1.29, 1.82) is 0 Å². The van der Waals surface area contributed by atoms with Crippen molar-refractivity contribution in [2.45, 2.75) is 46.6 Å². The molecule has 0 aliphatic rings. The molecule has 0 aliphatic heterocycles. The van der Waals surface area contributed by atoms with Crippen molar-refractivity contribution in [2.75, 3.05) is 25.0 Å². The molecule has 0 bridgehead atoms. The standard InChI is InChI=1S/C17H27N3S/c1-5-20(6-2)11-7-8-14(4)18-17-19-15-10-9-13(3)12-16(15)21-17/h9-10,12,14H,5-8,11H2,1-4H3,(H,18,19). The Balaban J connectivity index is 1.85. The van der Waals surface area contributed by atoms with Gasteiger partial charge in [-0.05, 0) is 64.0 Å². The van der Waals surface area contributed by atoms with Crippen LogP contribution in [-0.4, -0.2) is 35.6 Å². The lowest BCUT2D eigenvalue weighted by molar-refractivity contribution is 0.295. The van der Waals surface area contributed by atoms with Crippen LogP contribution in [0.1, 0.15) is 39.2 Å². The van der Waals surface area contributed by atoms with Gasteiger partial charge in [-0.1, -0.05) is 31.3 Å². The van der Waals surface area contributed by atoms with Gasteiger partial charge in [-0.15, -0.1) is 0 Å². The maximum absolute atomic E-state index is 4.67. The first-order valence-electron chi connectivity index (χ1n) is 7.98. The average molecular weight is 305 g/mol. The van der Waals surface area contributed by atoms with Gasteiger partial charge in [0.05, 0.1) is 10.2 Å². The number of hydrogen-bond donors (Lipinski definition) is 1. The number of hydrogen-bond acceptors (Lipinski definition) is 4. The molecule has 0 radical (unpaired) electrons. The van der Waals surface area contributed by atoms with E-state index in [1.165, 1.54) is 29.6 Å². The number of anilines is 1. The zero-order valence-corrected chi connectivity index (χ0v) is 14.5. The molecule has 0 aliphatic carbocycles. The van der Waals surface area contributed by atoms with Gasteiger partial charge in [0.25, 0.3) is 0 Å². The highest BCUT2D eigenvalue weighted by Crippen LogP contribution is 2.27. The van der Waals surface area contributed by atoms with E-state index < -0.39 is 0 Å². The summed E-state index contributed by atoms with van der Waals surface area (Å²) in [4.78, 5) is 7.15. The summed E-state index contributed by atoms with van der Waals surface area (Å²) in [5.41, 5.74) is 2.40. The van der Waals surface area contributed by atoms with E-state index in [1.54, 1.807) is 11.3 Å². The van der Waals surface area contributed by atoms with Crippen molar-refractivity contribution in [3.8, 4) is 0 Å². The lowest BCUT2D eigenvalue weighted by Crippen LogP contribution is -2.25. The highest BCUT2D eigenvalue weighted by molar-refractivity contribution is 7.22. The van der Waals surface area contributed by atoms with Crippen molar-refractivity contribution in [1.82, 2.24) is 9.88 Å². The van der Waals surface area contributed by atoms with Crippen molar-refractivity contribution < 1.29 is 0 Å². The maximum atomic E-state index is 4.67. The van der Waals surface area contributed by atoms with Crippen molar-refractivity contribution in [2.24, 2.45) is 0 Å². The Hall–Kier alpha value is -1.13. The first kappa shape index (κ1) is 16.2. The Kier molecular flexibility index (Phi) is 6.00. The molecule has 0 saturated carbocycles. The van der Waals surface area contributed by atoms with Crippen molar-refractivity contribution in [3.05, 3.63) is 23.8 Å². The second-order valence-electron chi connectivity index (χ2n) is 5.70. The lowest BCUT2D eigenvalue weighted by Gasteiger charge is -2.19. The number of aromatic nitrogens is 1. The molecule has 116 valence electrons. The number of aryl methyl sites for hydroxylation is 1. The zero-order valence-electron chi connectivity index (χ0n) is 13.6. The van der Waals surface area contributed by atoms with Gasteiger partial charge in [-0.3, -0.25) is 0 Å². The predicted molar refractivity (Wildman–Crippen MR) is 94.5 cm³/mol. The summed E-state index contributed by atoms with van der Waals surface area (Å²) in [5.74, 6) is 0. The predicted octanol–water partition coefficient (Wildman–Crippen LogP) is 4.53. The minimum Gasteiger partial charge on any atom is -0.359 e. The average Bonchev–Trinajstić information content (AvgIpc) is 2.84. The molecule has 0 fully saturated rings. The van der Waals surface area contributed by atoms with E-state index in [4.69, 9.17) is 0 Å². The summed E-state index contributed by atoms with van der Waals surface area (Å²) in [5, 5.41) is 4.60. The SMILES string of the molecule is CCN(CC)CCCC(C)Nc1nc2ccc(C)cc2s1. The summed E-state index contributed by atoms with van der Waals surface area (Å²) < 4.78 is 1.27. The third-order valence-electron chi connectivity index (χ3n) is 3.92. The quantitative estimate of drug-likeness (QED) is 0.777. The van der Waals surface area contributed by atoms with Gasteiger partial charge >= 0.3 is 0 Å². The summed E-state index contributed by atoms with van der Waals surface area (Å²) >= 11 is 1.76. The molecule has 1 aromatic carbocycles. The van der Waals surface area contributed by atoms with Gasteiger partial charge in [-0.2, -0.15) is 0 Å². The van der Waals surface area contributed by atoms with E-state index in [2.05, 4.69) is 61.1 Å². The largest absolute Gasteiger partial charge is 0.359 e. The smallest absolute Gasteiger partial charge is 0.183 e. The Morgan fingerprint density at radius 3 is 2.76 bits per heavy atom. The van der Waals surface area contributed by atoms with Gasteiger partial charge in [0, 0.05) is 6.04 Å². The van der Waals surface area contributed by atoms with E-state index in [-0.39, 0.29) is 0 Å². The van der Waals surface area contributed by atoms with E-state index in [0.29, 0.717) is 6.04 Å². The molecule has 4 heteroatoms. The summed E-state index contributed by atoms with van der Waals surface area (Å²) in [6.45, 7) is 12.3. The maximum Gasteiger partial charge on any atom is 0.183 e. The normalized spacial score (nSPS) is 13.0. The van der Waals surface area contributed by atoms with E-state index in [9.17, 15) is 0 Å². The first-order valence-corrected chi connectivity index (χ1v) is 8.80. The molecule has 0 saturated heterocycles. The summed E-state index contributed by atoms with van der Waals surface area (Å²) in [6, 6.07) is 6.92. The van der Waals surface area contributed by atoms with Crippen LogP contribution in [0.15, 0.2) is 18.2 Å². The molecule has 3 nitrogen and oxygen atoms in total. The van der Waals surface area contributed by atoms with Crippen LogP contribution in [0.3, 0.4) is 0 Å². The van der Waals surface area contributed by atoms with Crippen LogP contribution in [-0.2, 0) is 0 Å². The van der Waals surface area contributed by atoms with Gasteiger partial charge in [-0.25, -0.2) is 4.98 Å². The molecule has 1 N–H and O–H groups in total.